The van der Waals surface area contributed by atoms with Crippen molar-refractivity contribution in [3.8, 4) is 11.3 Å². The van der Waals surface area contributed by atoms with Gasteiger partial charge in [0.15, 0.2) is 5.69 Å². The fourth-order valence-electron chi connectivity index (χ4n) is 4.91. The van der Waals surface area contributed by atoms with Crippen LogP contribution in [0.2, 0.25) is 0 Å². The summed E-state index contributed by atoms with van der Waals surface area (Å²) in [4.78, 5) is 9.01. The third-order valence-corrected chi connectivity index (χ3v) is 10.5. The Hall–Kier alpha value is -1.19. The molecule has 3 rings (SSSR count). The average Bonchev–Trinajstić information content (AvgIpc) is 3.11. The van der Waals surface area contributed by atoms with Gasteiger partial charge in [0.2, 0.25) is 0 Å². The first-order valence-corrected chi connectivity index (χ1v) is 16.1. The number of pyridine rings is 1. The molecule has 0 saturated carbocycles. The Balaban J connectivity index is 1.73. The van der Waals surface area contributed by atoms with E-state index in [1.165, 1.54) is 72.3 Å². The van der Waals surface area contributed by atoms with Crippen LogP contribution in [0.5, 0.6) is 0 Å². The van der Waals surface area contributed by atoms with Crippen molar-refractivity contribution in [2.45, 2.75) is 52.4 Å². The van der Waals surface area contributed by atoms with Gasteiger partial charge < -0.3 is 9.80 Å². The Labute approximate surface area is 244 Å². The summed E-state index contributed by atoms with van der Waals surface area (Å²) < 4.78 is 2.90. The van der Waals surface area contributed by atoms with Crippen LogP contribution in [0.4, 0.5) is 11.4 Å². The van der Waals surface area contributed by atoms with E-state index in [-0.39, 0.29) is 0 Å². The lowest BCUT2D eigenvalue weighted by molar-refractivity contribution is 0.365. The molecule has 0 unspecified atom stereocenters. The number of unbranched alkanes of at least 4 members (excludes halogenated alkanes) is 4. The number of benzene rings is 1. The average molecular weight is 576 g/mol. The quantitative estimate of drug-likeness (QED) is 0.144. The lowest BCUT2D eigenvalue weighted by Gasteiger charge is -2.35. The van der Waals surface area contributed by atoms with Gasteiger partial charge in [0.25, 0.3) is 0 Å². The molecule has 0 fully saturated rings. The Kier molecular flexibility index (Phi) is 11.7. The Morgan fingerprint density at radius 3 is 1.84 bits per heavy atom. The van der Waals surface area contributed by atoms with E-state index < -0.39 is 0 Å². The maximum absolute atomic E-state index is 5.45. The summed E-state index contributed by atoms with van der Waals surface area (Å²) in [5.41, 5.74) is 7.91. The first-order chi connectivity index (χ1) is 17.7. The maximum atomic E-state index is 5.45. The molecule has 0 amide bonds. The fraction of sp³-hybridized carbons (Fsp3) is 0.552. The van der Waals surface area contributed by atoms with Gasteiger partial charge >= 0.3 is 0 Å². The molecule has 202 valence electrons. The van der Waals surface area contributed by atoms with Crippen LogP contribution in [0.3, 0.4) is 0 Å². The third kappa shape index (κ3) is 7.91. The molecule has 0 radical (unpaired) electrons. The molecule has 0 aliphatic carbocycles. The van der Waals surface area contributed by atoms with Crippen molar-refractivity contribution in [2.24, 2.45) is 0 Å². The minimum Gasteiger partial charge on any atom is -0.364 e. The van der Waals surface area contributed by atoms with Crippen molar-refractivity contribution in [1.29, 1.82) is 0 Å². The second kappa shape index (κ2) is 14.3. The number of thiocarbonyl (C=S) groups is 2. The molecule has 0 bridgehead atoms. The normalized spacial score (nSPS) is 13.2. The minimum absolute atomic E-state index is 0.938. The standard InChI is InChI=1S/C29H43N4S4/c1-22-13-14-24-25(19-22)33(26-20-23(2)21-30-27(24)26,15-9-7-11-17-36-28(34)31(3)4)16-10-8-12-18-37-29(35)32(5)6/h13-14,19-21H,7-12,15-18H2,1-6H3/q+1. The molecular formula is C29H43N4S4+. The summed E-state index contributed by atoms with van der Waals surface area (Å²) in [5, 5.41) is 0. The van der Waals surface area contributed by atoms with Crippen LogP contribution in [0, 0.1) is 13.8 Å². The molecule has 1 aliphatic heterocycles. The highest BCUT2D eigenvalue weighted by Crippen LogP contribution is 2.53. The first kappa shape index (κ1) is 30.4. The number of thioether (sulfide) groups is 2. The van der Waals surface area contributed by atoms with Gasteiger partial charge in [0.05, 0.1) is 18.7 Å². The molecular weight excluding hydrogens is 533 g/mol. The molecule has 2 aromatic rings. The third-order valence-electron chi connectivity index (χ3n) is 6.88. The lowest BCUT2D eigenvalue weighted by Crippen LogP contribution is -2.44. The Morgan fingerprint density at radius 1 is 0.757 bits per heavy atom. The molecule has 1 aliphatic rings. The zero-order chi connectivity index (χ0) is 27.0. The summed E-state index contributed by atoms with van der Waals surface area (Å²) in [6.07, 6.45) is 9.25. The lowest BCUT2D eigenvalue weighted by atomic mass is 10.1. The number of nitrogens with zero attached hydrogens (tertiary/aromatic N) is 4. The topological polar surface area (TPSA) is 19.4 Å². The maximum Gasteiger partial charge on any atom is 0.165 e. The van der Waals surface area contributed by atoms with Gasteiger partial charge in [-0.05, 0) is 69.6 Å². The molecule has 0 N–H and O–H groups in total. The van der Waals surface area contributed by atoms with E-state index in [9.17, 15) is 0 Å². The van der Waals surface area contributed by atoms with Crippen molar-refractivity contribution >= 4 is 68.0 Å². The van der Waals surface area contributed by atoms with Gasteiger partial charge in [-0.1, -0.05) is 54.0 Å². The van der Waals surface area contributed by atoms with Crippen molar-refractivity contribution in [2.75, 3.05) is 52.8 Å². The fourth-order valence-corrected chi connectivity index (χ4v) is 6.97. The number of hydrogen-bond donors (Lipinski definition) is 0. The van der Waals surface area contributed by atoms with Gasteiger partial charge in [0, 0.05) is 58.0 Å². The molecule has 0 atom stereocenters. The molecule has 8 heteroatoms. The van der Waals surface area contributed by atoms with E-state index in [2.05, 4.69) is 38.1 Å². The predicted molar refractivity (Wildman–Crippen MR) is 176 cm³/mol. The van der Waals surface area contributed by atoms with Crippen LogP contribution >= 0.6 is 48.0 Å². The van der Waals surface area contributed by atoms with E-state index in [4.69, 9.17) is 29.4 Å². The number of fused-ring (bicyclic) bond motifs is 3. The summed E-state index contributed by atoms with van der Waals surface area (Å²) in [7, 11) is 8.11. The number of rotatable bonds is 12. The Bertz CT molecular complexity index is 998. The number of hydrogen-bond acceptors (Lipinski definition) is 5. The van der Waals surface area contributed by atoms with Gasteiger partial charge in [0.1, 0.15) is 20.0 Å². The summed E-state index contributed by atoms with van der Waals surface area (Å²) in [6, 6.07) is 9.35. The molecule has 0 saturated heterocycles. The molecule has 1 aromatic carbocycles. The molecule has 4 nitrogen and oxygen atoms in total. The molecule has 0 spiro atoms. The van der Waals surface area contributed by atoms with Crippen LogP contribution in [0.1, 0.15) is 49.7 Å². The van der Waals surface area contributed by atoms with Crippen molar-refractivity contribution in [3.05, 3.63) is 41.6 Å². The number of aromatic nitrogens is 1. The van der Waals surface area contributed by atoms with Crippen LogP contribution in [0.25, 0.3) is 11.3 Å². The second-order valence-corrected chi connectivity index (χ2v) is 13.9. The molecule has 2 heterocycles. The van der Waals surface area contributed by atoms with Crippen molar-refractivity contribution < 1.29 is 0 Å². The summed E-state index contributed by atoms with van der Waals surface area (Å²) >= 11 is 14.5. The molecule has 1 aromatic heterocycles. The number of aryl methyl sites for hydroxylation is 2. The highest BCUT2D eigenvalue weighted by atomic mass is 32.2. The summed E-state index contributed by atoms with van der Waals surface area (Å²) in [6.45, 7) is 6.63. The predicted octanol–water partition coefficient (Wildman–Crippen LogP) is 7.82. The highest BCUT2D eigenvalue weighted by molar-refractivity contribution is 8.23. The summed E-state index contributed by atoms with van der Waals surface area (Å²) in [5.74, 6) is 2.19. The molecule has 37 heavy (non-hydrogen) atoms. The van der Waals surface area contributed by atoms with Crippen LogP contribution in [0.15, 0.2) is 30.5 Å². The van der Waals surface area contributed by atoms with Crippen molar-refractivity contribution in [3.63, 3.8) is 0 Å². The van der Waals surface area contributed by atoms with Gasteiger partial charge in [-0.2, -0.15) is 0 Å². The van der Waals surface area contributed by atoms with E-state index in [0.717, 1.165) is 37.7 Å². The van der Waals surface area contributed by atoms with Crippen LogP contribution in [-0.4, -0.2) is 76.2 Å². The van der Waals surface area contributed by atoms with Crippen molar-refractivity contribution in [1.82, 2.24) is 19.3 Å². The van der Waals surface area contributed by atoms with Crippen LogP contribution < -0.4 is 4.48 Å². The van der Waals surface area contributed by atoms with Crippen LogP contribution in [-0.2, 0) is 0 Å². The first-order valence-electron chi connectivity index (χ1n) is 13.3. The van der Waals surface area contributed by atoms with Gasteiger partial charge in [-0.3, -0.25) is 4.48 Å². The zero-order valence-electron chi connectivity index (χ0n) is 23.4. The SMILES string of the molecule is Cc1ccc2c(c1)[N+](CCCCCSC(=S)N(C)C)(CCCCCSC(=S)N(C)C)c1cc(C)cnc1-2. The van der Waals surface area contributed by atoms with E-state index in [1.54, 1.807) is 23.5 Å². The highest BCUT2D eigenvalue weighted by Gasteiger charge is 2.44. The smallest absolute Gasteiger partial charge is 0.165 e. The number of quaternary nitrogens is 1. The second-order valence-electron chi connectivity index (χ2n) is 10.5. The van der Waals surface area contributed by atoms with E-state index >= 15 is 0 Å². The minimum atomic E-state index is 0.938. The monoisotopic (exact) mass is 575 g/mol. The van der Waals surface area contributed by atoms with E-state index in [0.29, 0.717) is 0 Å². The van der Waals surface area contributed by atoms with E-state index in [1.807, 2.05) is 44.2 Å². The zero-order valence-corrected chi connectivity index (χ0v) is 26.6. The largest absolute Gasteiger partial charge is 0.364 e. The Morgan fingerprint density at radius 2 is 1.30 bits per heavy atom. The van der Waals surface area contributed by atoms with Gasteiger partial charge in [-0.25, -0.2) is 4.98 Å². The van der Waals surface area contributed by atoms with Gasteiger partial charge in [-0.15, -0.1) is 0 Å².